The molecule has 0 saturated carbocycles. The summed E-state index contributed by atoms with van der Waals surface area (Å²) in [4.78, 5) is 0. The molecule has 1 rings (SSSR count). The Hall–Kier alpha value is -0.980. The molecule has 348 valence electrons. The van der Waals surface area contributed by atoms with Gasteiger partial charge in [0, 0.05) is 0 Å². The highest BCUT2D eigenvalue weighted by Crippen LogP contribution is 2.24. The molecule has 0 saturated heterocycles. The van der Waals surface area contributed by atoms with Gasteiger partial charge in [0.1, 0.15) is 5.75 Å². The SMILES string of the molecule is CCCCCCCCCCCCCCCCCCCCCCCCCCc1ccc(O)c(CCCCCCCCCCCCCCCCCCCCCCCCCC)c1. The van der Waals surface area contributed by atoms with E-state index in [0.29, 0.717) is 5.75 Å². The maximum atomic E-state index is 10.5. The van der Waals surface area contributed by atoms with Crippen LogP contribution < -0.4 is 0 Å². The zero-order valence-electron chi connectivity index (χ0n) is 41.0. The molecule has 1 nitrogen and oxygen atoms in total. The van der Waals surface area contributed by atoms with Crippen LogP contribution in [0, 0.1) is 0 Å². The molecule has 0 aliphatic rings. The van der Waals surface area contributed by atoms with Crippen molar-refractivity contribution in [1.29, 1.82) is 0 Å². The zero-order chi connectivity index (χ0) is 42.2. The van der Waals surface area contributed by atoms with Crippen molar-refractivity contribution >= 4 is 0 Å². The van der Waals surface area contributed by atoms with Gasteiger partial charge in [-0.3, -0.25) is 0 Å². The second-order valence-electron chi connectivity index (χ2n) is 19.7. The van der Waals surface area contributed by atoms with Crippen molar-refractivity contribution in [2.45, 2.75) is 335 Å². The van der Waals surface area contributed by atoms with E-state index in [1.807, 2.05) is 6.07 Å². The van der Waals surface area contributed by atoms with Crippen LogP contribution in [0.4, 0.5) is 0 Å². The number of rotatable bonds is 50. The standard InChI is InChI=1S/C58H110O/c1-3-5-7-9-11-13-15-17-19-21-23-25-27-29-31-33-35-37-39-41-43-45-47-49-51-56-53-54-58(59)57(55-56)52-50-48-46-44-42-40-38-36-34-32-30-28-26-24-22-20-18-16-14-12-10-8-6-4-2/h53-55,59H,3-52H2,1-2H3. The van der Waals surface area contributed by atoms with Crippen molar-refractivity contribution in [2.24, 2.45) is 0 Å². The number of hydrogen-bond donors (Lipinski definition) is 1. The van der Waals surface area contributed by atoms with Gasteiger partial charge in [-0.05, 0) is 42.9 Å². The third-order valence-corrected chi connectivity index (χ3v) is 13.8. The second kappa shape index (κ2) is 48.1. The summed E-state index contributed by atoms with van der Waals surface area (Å²) in [6.07, 6.45) is 71.3. The fourth-order valence-electron chi connectivity index (χ4n) is 9.56. The van der Waals surface area contributed by atoms with Crippen molar-refractivity contribution < 1.29 is 5.11 Å². The summed E-state index contributed by atoms with van der Waals surface area (Å²) in [5, 5.41) is 10.5. The highest BCUT2D eigenvalue weighted by Gasteiger charge is 2.05. The summed E-state index contributed by atoms with van der Waals surface area (Å²) in [5.74, 6) is 0.516. The molecule has 0 fully saturated rings. The Bertz CT molecular complexity index is 920. The van der Waals surface area contributed by atoms with Crippen molar-refractivity contribution in [3.63, 3.8) is 0 Å². The maximum absolute atomic E-state index is 10.5. The average molecular weight is 824 g/mol. The van der Waals surface area contributed by atoms with E-state index in [0.717, 1.165) is 6.42 Å². The minimum atomic E-state index is 0.516. The molecule has 0 radical (unpaired) electrons. The van der Waals surface area contributed by atoms with Crippen molar-refractivity contribution in [3.8, 4) is 5.75 Å². The van der Waals surface area contributed by atoms with Gasteiger partial charge < -0.3 is 5.11 Å². The van der Waals surface area contributed by atoms with Crippen molar-refractivity contribution in [2.75, 3.05) is 0 Å². The van der Waals surface area contributed by atoms with Gasteiger partial charge in [-0.2, -0.15) is 0 Å². The van der Waals surface area contributed by atoms with E-state index in [1.165, 1.54) is 326 Å². The predicted molar refractivity (Wildman–Crippen MR) is 268 cm³/mol. The lowest BCUT2D eigenvalue weighted by Gasteiger charge is -2.09. The van der Waals surface area contributed by atoms with Crippen molar-refractivity contribution in [1.82, 2.24) is 0 Å². The van der Waals surface area contributed by atoms with Crippen LogP contribution >= 0.6 is 0 Å². The molecule has 1 heteroatoms. The quantitative estimate of drug-likeness (QED) is 0.0649. The molecule has 59 heavy (non-hydrogen) atoms. The Morgan fingerprint density at radius 2 is 0.458 bits per heavy atom. The van der Waals surface area contributed by atoms with Crippen LogP contribution in [-0.4, -0.2) is 5.11 Å². The average Bonchev–Trinajstić information content (AvgIpc) is 3.24. The second-order valence-corrected chi connectivity index (χ2v) is 19.7. The van der Waals surface area contributed by atoms with E-state index in [2.05, 4.69) is 26.0 Å². The third-order valence-electron chi connectivity index (χ3n) is 13.8. The highest BCUT2D eigenvalue weighted by molar-refractivity contribution is 5.36. The molecule has 1 aromatic rings. The first-order valence-electron chi connectivity index (χ1n) is 28.1. The Kier molecular flexibility index (Phi) is 45.6. The zero-order valence-corrected chi connectivity index (χ0v) is 41.0. The van der Waals surface area contributed by atoms with Crippen LogP contribution in [0.15, 0.2) is 18.2 Å². The lowest BCUT2D eigenvalue weighted by molar-refractivity contribution is 0.465. The van der Waals surface area contributed by atoms with Gasteiger partial charge in [0.25, 0.3) is 0 Å². The van der Waals surface area contributed by atoms with Crippen LogP contribution in [-0.2, 0) is 12.8 Å². The molecule has 0 aliphatic heterocycles. The monoisotopic (exact) mass is 823 g/mol. The maximum Gasteiger partial charge on any atom is 0.118 e. The summed E-state index contributed by atoms with van der Waals surface area (Å²) in [7, 11) is 0. The number of aromatic hydroxyl groups is 1. The number of unbranched alkanes of at least 4 members (excludes halogenated alkanes) is 46. The molecule has 0 amide bonds. The van der Waals surface area contributed by atoms with Crippen LogP contribution in [0.3, 0.4) is 0 Å². The Labute approximate surface area is 373 Å². The molecule has 1 aromatic carbocycles. The summed E-state index contributed by atoms with van der Waals surface area (Å²) in [5.41, 5.74) is 2.62. The van der Waals surface area contributed by atoms with Crippen LogP contribution in [0.25, 0.3) is 0 Å². The molecular formula is C58H110O. The number of phenolic OH excluding ortho intramolecular Hbond substituents is 1. The van der Waals surface area contributed by atoms with Gasteiger partial charge in [0.2, 0.25) is 0 Å². The van der Waals surface area contributed by atoms with Crippen LogP contribution in [0.2, 0.25) is 0 Å². The lowest BCUT2D eigenvalue weighted by atomic mass is 9.99. The first-order chi connectivity index (χ1) is 29.3. The molecule has 0 unspecified atom stereocenters. The lowest BCUT2D eigenvalue weighted by Crippen LogP contribution is -1.92. The number of benzene rings is 1. The number of aryl methyl sites for hydroxylation is 2. The van der Waals surface area contributed by atoms with Gasteiger partial charge in [0.15, 0.2) is 0 Å². The van der Waals surface area contributed by atoms with E-state index < -0.39 is 0 Å². The van der Waals surface area contributed by atoms with E-state index in [1.54, 1.807) is 0 Å². The number of phenols is 1. The Balaban J connectivity index is 1.81. The molecule has 0 heterocycles. The molecule has 0 aromatic heterocycles. The van der Waals surface area contributed by atoms with Gasteiger partial charge in [-0.25, -0.2) is 0 Å². The minimum absolute atomic E-state index is 0.516. The summed E-state index contributed by atoms with van der Waals surface area (Å²) in [6, 6.07) is 6.44. The topological polar surface area (TPSA) is 20.2 Å². The fourth-order valence-corrected chi connectivity index (χ4v) is 9.56. The molecule has 1 N–H and O–H groups in total. The summed E-state index contributed by atoms with van der Waals surface area (Å²) >= 11 is 0. The summed E-state index contributed by atoms with van der Waals surface area (Å²) < 4.78 is 0. The van der Waals surface area contributed by atoms with Gasteiger partial charge in [-0.15, -0.1) is 0 Å². The first-order valence-corrected chi connectivity index (χ1v) is 28.1. The largest absolute Gasteiger partial charge is 0.508 e. The third kappa shape index (κ3) is 42.1. The van der Waals surface area contributed by atoms with Crippen molar-refractivity contribution in [3.05, 3.63) is 29.3 Å². The van der Waals surface area contributed by atoms with Crippen LogP contribution in [0.1, 0.15) is 333 Å². The highest BCUT2D eigenvalue weighted by atomic mass is 16.3. The smallest absolute Gasteiger partial charge is 0.118 e. The van der Waals surface area contributed by atoms with Crippen LogP contribution in [0.5, 0.6) is 5.75 Å². The Morgan fingerprint density at radius 1 is 0.254 bits per heavy atom. The predicted octanol–water partition coefficient (Wildman–Crippen LogP) is 21.2. The molecular weight excluding hydrogens is 713 g/mol. The van der Waals surface area contributed by atoms with Gasteiger partial charge in [0.05, 0.1) is 0 Å². The Morgan fingerprint density at radius 3 is 0.695 bits per heavy atom. The number of hydrogen-bond acceptors (Lipinski definition) is 1. The minimum Gasteiger partial charge on any atom is -0.508 e. The van der Waals surface area contributed by atoms with E-state index in [4.69, 9.17) is 0 Å². The first kappa shape index (κ1) is 56.0. The molecule has 0 spiro atoms. The summed E-state index contributed by atoms with van der Waals surface area (Å²) in [6.45, 7) is 4.62. The fraction of sp³-hybridized carbons (Fsp3) is 0.897. The molecule has 0 atom stereocenters. The van der Waals surface area contributed by atoms with Gasteiger partial charge >= 0.3 is 0 Å². The van der Waals surface area contributed by atoms with E-state index >= 15 is 0 Å². The molecule has 0 aliphatic carbocycles. The normalized spacial score (nSPS) is 11.6. The van der Waals surface area contributed by atoms with Gasteiger partial charge in [-0.1, -0.05) is 321 Å². The van der Waals surface area contributed by atoms with E-state index in [-0.39, 0.29) is 0 Å². The molecule has 0 bridgehead atoms. The van der Waals surface area contributed by atoms with E-state index in [9.17, 15) is 5.11 Å².